The number of hydrogen-bond acceptors (Lipinski definition) is 5. The smallest absolute Gasteiger partial charge is 0.416 e. The number of ether oxygens (including phenoxy) is 1. The number of nitrogens with zero attached hydrogens (tertiary/aromatic N) is 2. The first-order valence-corrected chi connectivity index (χ1v) is 9.80. The van der Waals surface area contributed by atoms with Crippen LogP contribution in [0.2, 0.25) is 0 Å². The number of H-pyrrole nitrogens is 1. The average molecular weight is 431 g/mol. The Labute approximate surface area is 178 Å². The van der Waals surface area contributed by atoms with Crippen molar-refractivity contribution in [2.75, 3.05) is 6.54 Å². The van der Waals surface area contributed by atoms with E-state index < -0.39 is 17.2 Å². The number of fused-ring (bicyclic) bond motifs is 1. The average Bonchev–Trinajstić information content (AvgIpc) is 3.06. The van der Waals surface area contributed by atoms with E-state index in [2.05, 4.69) is 16.3 Å². The lowest BCUT2D eigenvalue weighted by molar-refractivity contribution is -0.137. The third-order valence-electron chi connectivity index (χ3n) is 5.52. The number of hydrogen-bond donors (Lipinski definition) is 3. The number of rotatable bonds is 5. The highest BCUT2D eigenvalue weighted by molar-refractivity contribution is 5.64. The molecule has 9 heteroatoms. The van der Waals surface area contributed by atoms with E-state index in [1.54, 1.807) is 25.1 Å². The molecule has 1 aliphatic heterocycles. The molecule has 0 saturated carbocycles. The molecule has 1 unspecified atom stereocenters. The van der Waals surface area contributed by atoms with Crippen LogP contribution in [0.25, 0.3) is 6.08 Å². The zero-order valence-electron chi connectivity index (χ0n) is 17.5. The molecule has 1 aliphatic rings. The van der Waals surface area contributed by atoms with Gasteiger partial charge in [0.05, 0.1) is 16.5 Å². The first-order valence-electron chi connectivity index (χ1n) is 9.80. The Kier molecular flexibility index (Phi) is 5.87. The van der Waals surface area contributed by atoms with Gasteiger partial charge in [-0.15, -0.1) is 5.10 Å². The van der Waals surface area contributed by atoms with Crippen LogP contribution in [0.5, 0.6) is 5.88 Å². The van der Waals surface area contributed by atoms with Crippen molar-refractivity contribution in [3.05, 3.63) is 63.7 Å². The van der Waals surface area contributed by atoms with Crippen LogP contribution in [0.4, 0.5) is 13.2 Å². The van der Waals surface area contributed by atoms with Crippen molar-refractivity contribution in [3.63, 3.8) is 0 Å². The molecule has 0 amide bonds. The van der Waals surface area contributed by atoms with Crippen molar-refractivity contribution in [1.82, 2.24) is 10.2 Å². The lowest BCUT2D eigenvalue weighted by Gasteiger charge is -2.41. The first kappa shape index (κ1) is 22.4. The van der Waals surface area contributed by atoms with Gasteiger partial charge < -0.3 is 16.2 Å². The molecule has 0 fully saturated rings. The Hall–Kier alpha value is -3.25. The second-order valence-electron chi connectivity index (χ2n) is 7.77. The van der Waals surface area contributed by atoms with Crippen LogP contribution in [0.1, 0.15) is 48.2 Å². The molecule has 2 heterocycles. The maximum Gasteiger partial charge on any atom is 0.416 e. The Bertz CT molecular complexity index is 1090. The van der Waals surface area contributed by atoms with Crippen molar-refractivity contribution in [2.45, 2.75) is 38.8 Å². The number of nitrogens with two attached hydrogens (primary N) is 2. The van der Waals surface area contributed by atoms with Gasteiger partial charge in [0, 0.05) is 5.69 Å². The fourth-order valence-electron chi connectivity index (χ4n) is 4.22. The van der Waals surface area contributed by atoms with E-state index >= 15 is 0 Å². The zero-order valence-corrected chi connectivity index (χ0v) is 17.5. The van der Waals surface area contributed by atoms with Crippen LogP contribution in [-0.4, -0.2) is 16.7 Å². The molecular weight excluding hydrogens is 407 g/mol. The molecule has 0 bridgehead atoms. The highest BCUT2D eigenvalue weighted by Crippen LogP contribution is 2.53. The maximum atomic E-state index is 13.8. The molecule has 5 N–H and O–H groups in total. The summed E-state index contributed by atoms with van der Waals surface area (Å²) in [5.41, 5.74) is 11.2. The Morgan fingerprint density at radius 3 is 2.61 bits per heavy atom. The Morgan fingerprint density at radius 2 is 2.03 bits per heavy atom. The van der Waals surface area contributed by atoms with Crippen LogP contribution < -0.4 is 16.2 Å². The number of aromatic amines is 1. The predicted octanol–water partition coefficient (Wildman–Crippen LogP) is 4.13. The van der Waals surface area contributed by atoms with Crippen LogP contribution in [0, 0.1) is 24.2 Å². The molecule has 3 rings (SSSR count). The van der Waals surface area contributed by atoms with E-state index in [0.717, 1.165) is 12.1 Å². The van der Waals surface area contributed by atoms with Crippen LogP contribution >= 0.6 is 0 Å². The maximum absolute atomic E-state index is 13.8. The van der Waals surface area contributed by atoms with Gasteiger partial charge in [0.15, 0.2) is 0 Å². The molecule has 2 aromatic rings. The normalized spacial score (nSPS) is 18.9. The summed E-state index contributed by atoms with van der Waals surface area (Å²) in [5, 5.41) is 16.9. The minimum absolute atomic E-state index is 0.0516. The summed E-state index contributed by atoms with van der Waals surface area (Å²) < 4.78 is 47.0. The lowest BCUT2D eigenvalue weighted by atomic mass is 9.61. The van der Waals surface area contributed by atoms with Crippen LogP contribution in [0.15, 0.2) is 35.7 Å². The standard InChI is InChI=1S/C22H24F3N5O/c1-12(2)21(17(11-27)19(28)31-20-18(21)13(3)29-30-20)15-8-14(6-4-5-7-26)9-16(10-15)22(23,24)25/h4,6,8-10,12H,5,7,26,28H2,1-3H3,(H,29,30). The van der Waals surface area contributed by atoms with E-state index in [4.69, 9.17) is 16.2 Å². The molecule has 164 valence electrons. The van der Waals surface area contributed by atoms with Crippen molar-refractivity contribution < 1.29 is 17.9 Å². The van der Waals surface area contributed by atoms with Gasteiger partial charge in [0.25, 0.3) is 0 Å². The minimum Gasteiger partial charge on any atom is -0.420 e. The largest absolute Gasteiger partial charge is 0.420 e. The van der Waals surface area contributed by atoms with E-state index in [1.807, 2.05) is 13.8 Å². The Morgan fingerprint density at radius 1 is 1.32 bits per heavy atom. The van der Waals surface area contributed by atoms with Gasteiger partial charge in [-0.25, -0.2) is 0 Å². The van der Waals surface area contributed by atoms with Gasteiger partial charge in [-0.3, -0.25) is 5.10 Å². The predicted molar refractivity (Wildman–Crippen MR) is 111 cm³/mol. The molecule has 1 atom stereocenters. The van der Waals surface area contributed by atoms with Gasteiger partial charge in [-0.1, -0.05) is 32.1 Å². The van der Waals surface area contributed by atoms with E-state index in [0.29, 0.717) is 35.3 Å². The lowest BCUT2D eigenvalue weighted by Crippen LogP contribution is -2.41. The van der Waals surface area contributed by atoms with Crippen molar-refractivity contribution in [3.8, 4) is 11.9 Å². The number of aryl methyl sites for hydroxylation is 1. The summed E-state index contributed by atoms with van der Waals surface area (Å²) in [6, 6.07) is 5.88. The number of alkyl halides is 3. The second-order valence-corrected chi connectivity index (χ2v) is 7.77. The van der Waals surface area contributed by atoms with Gasteiger partial charge in [-0.05, 0) is 49.1 Å². The quantitative estimate of drug-likeness (QED) is 0.659. The summed E-state index contributed by atoms with van der Waals surface area (Å²) in [7, 11) is 0. The van der Waals surface area contributed by atoms with Gasteiger partial charge in [0.2, 0.25) is 11.8 Å². The molecule has 0 aliphatic carbocycles. The third kappa shape index (κ3) is 3.68. The van der Waals surface area contributed by atoms with E-state index in [9.17, 15) is 18.4 Å². The summed E-state index contributed by atoms with van der Waals surface area (Å²) in [6.07, 6.45) is -0.737. The molecule has 0 radical (unpaired) electrons. The third-order valence-corrected chi connectivity index (χ3v) is 5.52. The highest BCUT2D eigenvalue weighted by Gasteiger charge is 2.51. The summed E-state index contributed by atoms with van der Waals surface area (Å²) in [4.78, 5) is 0. The number of benzene rings is 1. The number of allylic oxidation sites excluding steroid dienone is 1. The monoisotopic (exact) mass is 431 g/mol. The highest BCUT2D eigenvalue weighted by atomic mass is 19.4. The minimum atomic E-state index is -4.58. The molecule has 0 spiro atoms. The van der Waals surface area contributed by atoms with Crippen LogP contribution in [0.3, 0.4) is 0 Å². The summed E-state index contributed by atoms with van der Waals surface area (Å²) in [6.45, 7) is 5.77. The zero-order chi connectivity index (χ0) is 23.0. The van der Waals surface area contributed by atoms with Gasteiger partial charge in [-0.2, -0.15) is 18.4 Å². The van der Waals surface area contributed by atoms with Gasteiger partial charge in [0.1, 0.15) is 11.6 Å². The molecular formula is C22H24F3N5O. The number of nitriles is 1. The summed E-state index contributed by atoms with van der Waals surface area (Å²) in [5.74, 6) is -0.364. The van der Waals surface area contributed by atoms with Gasteiger partial charge >= 0.3 is 6.18 Å². The second kappa shape index (κ2) is 8.12. The fraction of sp³-hybridized carbons (Fsp3) is 0.364. The van der Waals surface area contributed by atoms with Crippen molar-refractivity contribution in [2.24, 2.45) is 17.4 Å². The van der Waals surface area contributed by atoms with Crippen molar-refractivity contribution in [1.29, 1.82) is 5.26 Å². The molecule has 6 nitrogen and oxygen atoms in total. The van der Waals surface area contributed by atoms with Crippen molar-refractivity contribution >= 4 is 6.08 Å². The van der Waals surface area contributed by atoms with E-state index in [1.165, 1.54) is 0 Å². The first-order chi connectivity index (χ1) is 14.6. The van der Waals surface area contributed by atoms with Crippen LogP contribution in [-0.2, 0) is 11.6 Å². The topological polar surface area (TPSA) is 114 Å². The fourth-order valence-corrected chi connectivity index (χ4v) is 4.22. The molecule has 31 heavy (non-hydrogen) atoms. The number of halogens is 3. The van der Waals surface area contributed by atoms with E-state index in [-0.39, 0.29) is 23.3 Å². The summed E-state index contributed by atoms with van der Waals surface area (Å²) >= 11 is 0. The molecule has 1 aromatic heterocycles. The number of nitrogens with one attached hydrogen (secondary N) is 1. The SMILES string of the molecule is Cc1[nH]nc2c1C(c1cc(C=CCCN)cc(C(F)(F)F)c1)(C(C)C)C(C#N)=C(N)O2. The Balaban J connectivity index is 2.42. The molecule has 1 aromatic carbocycles. The molecule has 0 saturated heterocycles. The number of aromatic nitrogens is 2.